The number of para-hydroxylation sites is 1. The molecule has 48 heavy (non-hydrogen) atoms. The van der Waals surface area contributed by atoms with Gasteiger partial charge in [-0.3, -0.25) is 0 Å². The predicted molar refractivity (Wildman–Crippen MR) is 196 cm³/mol. The molecule has 0 aliphatic rings. The van der Waals surface area contributed by atoms with Crippen LogP contribution in [0, 0.1) is 0 Å². The van der Waals surface area contributed by atoms with E-state index in [1.807, 2.05) is 72.8 Å². The van der Waals surface area contributed by atoms with Crippen LogP contribution in [0.15, 0.2) is 174 Å². The van der Waals surface area contributed by atoms with Gasteiger partial charge in [-0.1, -0.05) is 121 Å². The molecular formula is C43H28N4O. The minimum Gasteiger partial charge on any atom is -0.456 e. The van der Waals surface area contributed by atoms with Gasteiger partial charge in [-0.25, -0.2) is 15.0 Å². The van der Waals surface area contributed by atoms with Crippen molar-refractivity contribution >= 4 is 49.8 Å². The van der Waals surface area contributed by atoms with Crippen molar-refractivity contribution in [2.75, 3.05) is 4.90 Å². The molecule has 9 rings (SSSR count). The topological polar surface area (TPSA) is 55.1 Å². The van der Waals surface area contributed by atoms with Crippen molar-refractivity contribution in [1.29, 1.82) is 0 Å². The Hall–Kier alpha value is -6.59. The van der Waals surface area contributed by atoms with E-state index in [1.165, 1.54) is 10.8 Å². The molecule has 0 amide bonds. The monoisotopic (exact) mass is 616 g/mol. The van der Waals surface area contributed by atoms with E-state index in [4.69, 9.17) is 19.4 Å². The Morgan fingerprint density at radius 1 is 0.375 bits per heavy atom. The second-order valence-corrected chi connectivity index (χ2v) is 11.7. The average Bonchev–Trinajstić information content (AvgIpc) is 3.53. The Morgan fingerprint density at radius 2 is 0.979 bits per heavy atom. The van der Waals surface area contributed by atoms with Crippen molar-refractivity contribution in [2.45, 2.75) is 0 Å². The van der Waals surface area contributed by atoms with Crippen LogP contribution in [0.5, 0.6) is 0 Å². The van der Waals surface area contributed by atoms with Gasteiger partial charge < -0.3 is 9.32 Å². The van der Waals surface area contributed by atoms with Crippen molar-refractivity contribution in [3.05, 3.63) is 170 Å². The maximum Gasteiger partial charge on any atom is 0.164 e. The highest BCUT2D eigenvalue weighted by Gasteiger charge is 2.18. The summed E-state index contributed by atoms with van der Waals surface area (Å²) < 4.78 is 6.47. The highest BCUT2D eigenvalue weighted by atomic mass is 16.3. The largest absolute Gasteiger partial charge is 0.456 e. The number of fused-ring (bicyclic) bond motifs is 4. The second-order valence-electron chi connectivity index (χ2n) is 11.7. The third kappa shape index (κ3) is 4.95. The average molecular weight is 617 g/mol. The van der Waals surface area contributed by atoms with E-state index in [0.717, 1.165) is 55.7 Å². The smallest absolute Gasteiger partial charge is 0.164 e. The van der Waals surface area contributed by atoms with Gasteiger partial charge in [0, 0.05) is 44.2 Å². The van der Waals surface area contributed by atoms with Crippen LogP contribution in [0.1, 0.15) is 0 Å². The Labute approximate surface area is 277 Å². The van der Waals surface area contributed by atoms with E-state index >= 15 is 0 Å². The summed E-state index contributed by atoms with van der Waals surface area (Å²) in [6.45, 7) is 0. The first-order valence-corrected chi connectivity index (χ1v) is 16.0. The summed E-state index contributed by atoms with van der Waals surface area (Å²) in [6, 6.07) is 58.1. The Bertz CT molecular complexity index is 2500. The van der Waals surface area contributed by atoms with Gasteiger partial charge in [0.25, 0.3) is 0 Å². The van der Waals surface area contributed by atoms with Gasteiger partial charge in [0.1, 0.15) is 11.2 Å². The molecule has 0 saturated carbocycles. The third-order valence-corrected chi connectivity index (χ3v) is 8.69. The number of hydrogen-bond donors (Lipinski definition) is 0. The fraction of sp³-hybridized carbons (Fsp3) is 0. The molecular weight excluding hydrogens is 589 g/mol. The van der Waals surface area contributed by atoms with Crippen LogP contribution >= 0.6 is 0 Å². The van der Waals surface area contributed by atoms with E-state index in [1.54, 1.807) is 0 Å². The molecule has 226 valence electrons. The molecule has 5 nitrogen and oxygen atoms in total. The predicted octanol–water partition coefficient (Wildman–Crippen LogP) is 11.4. The van der Waals surface area contributed by atoms with Crippen molar-refractivity contribution < 1.29 is 4.42 Å². The van der Waals surface area contributed by atoms with Crippen molar-refractivity contribution in [3.63, 3.8) is 0 Å². The van der Waals surface area contributed by atoms with Crippen LogP contribution in [0.25, 0.3) is 66.9 Å². The summed E-state index contributed by atoms with van der Waals surface area (Å²) in [5, 5.41) is 4.46. The lowest BCUT2D eigenvalue weighted by atomic mass is 10.1. The number of anilines is 3. The third-order valence-electron chi connectivity index (χ3n) is 8.69. The van der Waals surface area contributed by atoms with Gasteiger partial charge in [-0.15, -0.1) is 0 Å². The lowest BCUT2D eigenvalue weighted by Gasteiger charge is -2.26. The van der Waals surface area contributed by atoms with Gasteiger partial charge in [0.15, 0.2) is 17.5 Å². The minimum atomic E-state index is 0.594. The molecule has 0 spiro atoms. The summed E-state index contributed by atoms with van der Waals surface area (Å²) >= 11 is 0. The molecule has 0 unspecified atom stereocenters. The molecule has 9 aromatic rings. The van der Waals surface area contributed by atoms with Crippen molar-refractivity contribution in [3.8, 4) is 34.2 Å². The summed E-state index contributed by atoms with van der Waals surface area (Å²) in [4.78, 5) is 17.0. The molecule has 0 radical (unpaired) electrons. The molecule has 7 aromatic carbocycles. The number of aromatic nitrogens is 3. The van der Waals surface area contributed by atoms with Crippen LogP contribution in [0.4, 0.5) is 17.1 Å². The summed E-state index contributed by atoms with van der Waals surface area (Å²) in [6.07, 6.45) is 0. The summed E-state index contributed by atoms with van der Waals surface area (Å²) in [5.74, 6) is 1.85. The summed E-state index contributed by atoms with van der Waals surface area (Å²) in [5.41, 5.74) is 7.58. The molecule has 0 N–H and O–H groups in total. The fourth-order valence-electron chi connectivity index (χ4n) is 6.39. The van der Waals surface area contributed by atoms with Crippen LogP contribution < -0.4 is 4.90 Å². The van der Waals surface area contributed by atoms with Gasteiger partial charge >= 0.3 is 0 Å². The van der Waals surface area contributed by atoms with E-state index in [0.29, 0.717) is 17.5 Å². The van der Waals surface area contributed by atoms with Gasteiger partial charge in [-0.2, -0.15) is 0 Å². The molecule has 0 aliphatic heterocycles. The highest BCUT2D eigenvalue weighted by molar-refractivity contribution is 6.08. The maximum atomic E-state index is 6.47. The number of nitrogens with zero attached hydrogens (tertiary/aromatic N) is 4. The SMILES string of the molecule is c1ccc(-c2nc(-c3ccccc3)nc(-c3ccc4c(c3)oc3ccc(N(c5ccccc5)c5cccc6ccccc56)cc34)n2)cc1. The lowest BCUT2D eigenvalue weighted by Crippen LogP contribution is -2.10. The first-order chi connectivity index (χ1) is 23.8. The number of furan rings is 1. The van der Waals surface area contributed by atoms with Gasteiger partial charge in [0.05, 0.1) is 5.69 Å². The van der Waals surface area contributed by atoms with E-state index in [2.05, 4.69) is 102 Å². The van der Waals surface area contributed by atoms with Gasteiger partial charge in [-0.05, 0) is 53.9 Å². The number of benzene rings is 7. The molecule has 2 heterocycles. The van der Waals surface area contributed by atoms with Crippen LogP contribution in [-0.4, -0.2) is 15.0 Å². The molecule has 0 saturated heterocycles. The van der Waals surface area contributed by atoms with Crippen LogP contribution in [0.2, 0.25) is 0 Å². The standard InChI is InChI=1S/C43H28N4O/c1-4-14-30(15-5-1)41-44-42(31-16-6-2-7-17-31)46-43(45-41)32-23-25-36-37-28-34(24-26-39(37)48-40(36)27-32)47(33-19-8-3-9-20-33)38-22-12-18-29-13-10-11-21-35(29)38/h1-28H. The zero-order valence-electron chi connectivity index (χ0n) is 25.9. The Kier molecular flexibility index (Phi) is 6.72. The summed E-state index contributed by atoms with van der Waals surface area (Å²) in [7, 11) is 0. The quantitative estimate of drug-likeness (QED) is 0.186. The van der Waals surface area contributed by atoms with Crippen molar-refractivity contribution in [2.24, 2.45) is 0 Å². The molecule has 5 heteroatoms. The first kappa shape index (κ1) is 27.7. The van der Waals surface area contributed by atoms with Crippen LogP contribution in [-0.2, 0) is 0 Å². The molecule has 0 fully saturated rings. The minimum absolute atomic E-state index is 0.594. The second kappa shape index (κ2) is 11.6. The maximum absolute atomic E-state index is 6.47. The van der Waals surface area contributed by atoms with Gasteiger partial charge in [0.2, 0.25) is 0 Å². The van der Waals surface area contributed by atoms with E-state index in [-0.39, 0.29) is 0 Å². The molecule has 0 bridgehead atoms. The number of hydrogen-bond acceptors (Lipinski definition) is 5. The fourth-order valence-corrected chi connectivity index (χ4v) is 6.39. The van der Waals surface area contributed by atoms with E-state index in [9.17, 15) is 0 Å². The van der Waals surface area contributed by atoms with E-state index < -0.39 is 0 Å². The number of rotatable bonds is 6. The zero-order chi connectivity index (χ0) is 31.9. The van der Waals surface area contributed by atoms with Crippen molar-refractivity contribution in [1.82, 2.24) is 15.0 Å². The van der Waals surface area contributed by atoms with Crippen LogP contribution in [0.3, 0.4) is 0 Å². The Balaban J connectivity index is 1.18. The molecule has 0 aliphatic carbocycles. The molecule has 0 atom stereocenters. The molecule has 2 aromatic heterocycles. The normalized spacial score (nSPS) is 11.3. The Morgan fingerprint density at radius 3 is 1.69 bits per heavy atom. The lowest BCUT2D eigenvalue weighted by molar-refractivity contribution is 0.669. The highest BCUT2D eigenvalue weighted by Crippen LogP contribution is 2.41. The zero-order valence-corrected chi connectivity index (χ0v) is 25.9. The first-order valence-electron chi connectivity index (χ1n) is 16.0.